The average molecular weight is 296 g/mol. The molecule has 0 amide bonds. The molecule has 0 aliphatic heterocycles. The lowest BCUT2D eigenvalue weighted by molar-refractivity contribution is 0.306. The number of ether oxygens (including phenoxy) is 1. The van der Waals surface area contributed by atoms with Crippen LogP contribution in [0, 0.1) is 6.92 Å². The van der Waals surface area contributed by atoms with Crippen LogP contribution in [-0.4, -0.2) is 10.9 Å². The van der Waals surface area contributed by atoms with E-state index in [0.29, 0.717) is 18.1 Å². The van der Waals surface area contributed by atoms with Crippen molar-refractivity contribution in [3.63, 3.8) is 0 Å². The fourth-order valence-corrected chi connectivity index (χ4v) is 2.68. The molecule has 1 heterocycles. The van der Waals surface area contributed by atoms with Crippen LogP contribution < -0.4 is 4.74 Å². The zero-order chi connectivity index (χ0) is 13.8. The third-order valence-corrected chi connectivity index (χ3v) is 3.88. The molecule has 0 saturated carbocycles. The topological polar surface area (TPSA) is 41.8 Å². The number of halogens is 1. The van der Waals surface area contributed by atoms with E-state index in [4.69, 9.17) is 21.5 Å². The summed E-state index contributed by atoms with van der Waals surface area (Å²) in [4.78, 5) is 1.05. The Morgan fingerprint density at radius 1 is 1.37 bits per heavy atom. The molecule has 0 atom stereocenters. The summed E-state index contributed by atoms with van der Waals surface area (Å²) in [6, 6.07) is 9.57. The molecule has 1 N–H and O–H groups in total. The molecule has 5 heteroatoms. The molecular weight excluding hydrogens is 282 g/mol. The summed E-state index contributed by atoms with van der Waals surface area (Å²) < 4.78 is 6.55. The molecule has 0 unspecified atom stereocenters. The number of aryl methyl sites for hydroxylation is 1. The van der Waals surface area contributed by atoms with Gasteiger partial charge in [-0.1, -0.05) is 22.8 Å². The van der Waals surface area contributed by atoms with Gasteiger partial charge in [-0.05, 0) is 43.7 Å². The number of oxime groups is 1. The summed E-state index contributed by atoms with van der Waals surface area (Å²) in [6.45, 7) is 4.18. The maximum Gasteiger partial charge on any atom is 0.129 e. The minimum absolute atomic E-state index is 0.451. The van der Waals surface area contributed by atoms with Gasteiger partial charge in [-0.15, -0.1) is 11.3 Å². The second-order valence-corrected chi connectivity index (χ2v) is 5.98. The fourth-order valence-electron chi connectivity index (χ4n) is 1.68. The van der Waals surface area contributed by atoms with Crippen LogP contribution in [0.25, 0.3) is 0 Å². The normalized spacial score (nSPS) is 11.6. The van der Waals surface area contributed by atoms with E-state index in [0.717, 1.165) is 20.3 Å². The summed E-state index contributed by atoms with van der Waals surface area (Å²) in [7, 11) is 0. The Balaban J connectivity index is 2.21. The standard InChI is InChI=1S/C14H14ClNO2S/c1-9-3-5-12(10(2)16-17)13(7-9)18-8-11-4-6-14(15)19-11/h3-7,17H,8H2,1-2H3. The molecule has 2 aromatic rings. The monoisotopic (exact) mass is 295 g/mol. The third-order valence-electron chi connectivity index (χ3n) is 2.68. The molecule has 0 bridgehead atoms. The minimum atomic E-state index is 0.451. The van der Waals surface area contributed by atoms with Crippen molar-refractivity contribution in [2.75, 3.05) is 0 Å². The predicted octanol–water partition coefficient (Wildman–Crippen LogP) is 4.49. The van der Waals surface area contributed by atoms with Gasteiger partial charge in [-0.25, -0.2) is 0 Å². The Morgan fingerprint density at radius 2 is 2.16 bits per heavy atom. The van der Waals surface area contributed by atoms with E-state index >= 15 is 0 Å². The summed E-state index contributed by atoms with van der Waals surface area (Å²) in [6.07, 6.45) is 0. The van der Waals surface area contributed by atoms with Gasteiger partial charge in [0.1, 0.15) is 12.4 Å². The Labute approximate surface area is 121 Å². The second kappa shape index (κ2) is 6.08. The number of rotatable bonds is 4. The van der Waals surface area contributed by atoms with Crippen molar-refractivity contribution < 1.29 is 9.94 Å². The van der Waals surface area contributed by atoms with Gasteiger partial charge in [-0.3, -0.25) is 0 Å². The van der Waals surface area contributed by atoms with Gasteiger partial charge in [0.2, 0.25) is 0 Å². The van der Waals surface area contributed by atoms with Crippen LogP contribution in [-0.2, 0) is 6.61 Å². The third kappa shape index (κ3) is 3.49. The first-order valence-electron chi connectivity index (χ1n) is 5.77. The summed E-state index contributed by atoms with van der Waals surface area (Å²) in [5.74, 6) is 0.708. The highest BCUT2D eigenvalue weighted by Crippen LogP contribution is 2.26. The van der Waals surface area contributed by atoms with Crippen LogP contribution in [0.15, 0.2) is 35.5 Å². The lowest BCUT2D eigenvalue weighted by atomic mass is 10.1. The molecule has 19 heavy (non-hydrogen) atoms. The molecule has 2 rings (SSSR count). The summed E-state index contributed by atoms with van der Waals surface area (Å²) in [5, 5.41) is 12.1. The highest BCUT2D eigenvalue weighted by Gasteiger charge is 2.09. The largest absolute Gasteiger partial charge is 0.487 e. The Kier molecular flexibility index (Phi) is 4.45. The van der Waals surface area contributed by atoms with Crippen molar-refractivity contribution >= 4 is 28.6 Å². The number of benzene rings is 1. The van der Waals surface area contributed by atoms with Gasteiger partial charge in [0, 0.05) is 10.4 Å². The Hall–Kier alpha value is -1.52. The molecule has 0 radical (unpaired) electrons. The van der Waals surface area contributed by atoms with E-state index < -0.39 is 0 Å². The first-order valence-corrected chi connectivity index (χ1v) is 6.96. The van der Waals surface area contributed by atoms with E-state index in [1.807, 2.05) is 37.3 Å². The fraction of sp³-hybridized carbons (Fsp3) is 0.214. The van der Waals surface area contributed by atoms with E-state index in [-0.39, 0.29) is 0 Å². The van der Waals surface area contributed by atoms with Crippen LogP contribution >= 0.6 is 22.9 Å². The van der Waals surface area contributed by atoms with Crippen LogP contribution in [0.5, 0.6) is 5.75 Å². The number of hydrogen-bond donors (Lipinski definition) is 1. The lowest BCUT2D eigenvalue weighted by Gasteiger charge is -2.11. The first kappa shape index (κ1) is 13.9. The SMILES string of the molecule is CC(=NO)c1ccc(C)cc1OCc1ccc(Cl)s1. The first-order chi connectivity index (χ1) is 9.10. The molecule has 0 aliphatic carbocycles. The highest BCUT2D eigenvalue weighted by atomic mass is 35.5. The van der Waals surface area contributed by atoms with E-state index in [9.17, 15) is 0 Å². The van der Waals surface area contributed by atoms with Gasteiger partial charge >= 0.3 is 0 Å². The van der Waals surface area contributed by atoms with Crippen LogP contribution in [0.4, 0.5) is 0 Å². The molecule has 0 aliphatic rings. The molecule has 0 fully saturated rings. The van der Waals surface area contributed by atoms with Gasteiger partial charge in [0.25, 0.3) is 0 Å². The Morgan fingerprint density at radius 3 is 2.79 bits per heavy atom. The maximum atomic E-state index is 8.89. The van der Waals surface area contributed by atoms with E-state index in [1.54, 1.807) is 6.92 Å². The molecule has 0 spiro atoms. The predicted molar refractivity (Wildman–Crippen MR) is 78.8 cm³/mol. The van der Waals surface area contributed by atoms with Crippen LogP contribution in [0.2, 0.25) is 4.34 Å². The van der Waals surface area contributed by atoms with Crippen molar-refractivity contribution in [3.05, 3.63) is 50.7 Å². The van der Waals surface area contributed by atoms with Crippen molar-refractivity contribution in [1.29, 1.82) is 0 Å². The average Bonchev–Trinajstić information content (AvgIpc) is 2.81. The van der Waals surface area contributed by atoms with Gasteiger partial charge < -0.3 is 9.94 Å². The molecule has 100 valence electrons. The minimum Gasteiger partial charge on any atom is -0.487 e. The maximum absolute atomic E-state index is 8.89. The Bertz CT molecular complexity index is 607. The second-order valence-electron chi connectivity index (χ2n) is 4.18. The van der Waals surface area contributed by atoms with Crippen molar-refractivity contribution in [2.45, 2.75) is 20.5 Å². The summed E-state index contributed by atoms with van der Waals surface area (Å²) >= 11 is 7.37. The van der Waals surface area contributed by atoms with Gasteiger partial charge in [0.15, 0.2) is 0 Å². The van der Waals surface area contributed by atoms with E-state index in [2.05, 4.69) is 5.16 Å². The van der Waals surface area contributed by atoms with Crippen molar-refractivity contribution in [2.24, 2.45) is 5.16 Å². The van der Waals surface area contributed by atoms with Gasteiger partial charge in [0.05, 0.1) is 10.0 Å². The molecule has 3 nitrogen and oxygen atoms in total. The number of hydrogen-bond acceptors (Lipinski definition) is 4. The van der Waals surface area contributed by atoms with Gasteiger partial charge in [-0.2, -0.15) is 0 Å². The molecule has 0 saturated heterocycles. The molecular formula is C14H14ClNO2S. The highest BCUT2D eigenvalue weighted by molar-refractivity contribution is 7.16. The number of nitrogens with zero attached hydrogens (tertiary/aromatic N) is 1. The quantitative estimate of drug-likeness (QED) is 0.513. The van der Waals surface area contributed by atoms with Crippen molar-refractivity contribution in [1.82, 2.24) is 0 Å². The summed E-state index contributed by atoms with van der Waals surface area (Å²) in [5.41, 5.74) is 2.41. The zero-order valence-corrected chi connectivity index (χ0v) is 12.3. The van der Waals surface area contributed by atoms with E-state index in [1.165, 1.54) is 11.3 Å². The molecule has 1 aromatic heterocycles. The lowest BCUT2D eigenvalue weighted by Crippen LogP contribution is -2.02. The smallest absolute Gasteiger partial charge is 0.129 e. The van der Waals surface area contributed by atoms with Crippen LogP contribution in [0.3, 0.4) is 0 Å². The van der Waals surface area contributed by atoms with Crippen molar-refractivity contribution in [3.8, 4) is 5.75 Å². The zero-order valence-electron chi connectivity index (χ0n) is 10.7. The van der Waals surface area contributed by atoms with Crippen LogP contribution in [0.1, 0.15) is 22.9 Å². The molecule has 1 aromatic carbocycles. The number of thiophene rings is 1.